The molecule has 2 aromatic carbocycles. The van der Waals surface area contributed by atoms with Gasteiger partial charge in [-0.25, -0.2) is 4.98 Å². The maximum atomic E-state index is 9.25. The first-order valence-electron chi connectivity index (χ1n) is 7.43. The first-order chi connectivity index (χ1) is 11.3. The van der Waals surface area contributed by atoms with E-state index in [9.17, 15) is 5.26 Å². The molecule has 0 aliphatic carbocycles. The molecule has 0 amide bonds. The van der Waals surface area contributed by atoms with Crippen molar-refractivity contribution in [2.45, 2.75) is 13.0 Å². The molecule has 0 bridgehead atoms. The topological polar surface area (TPSA) is 65.5 Å². The molecular weight excluding hydrogens is 284 g/mol. The summed E-state index contributed by atoms with van der Waals surface area (Å²) in [6, 6.07) is 21.9. The summed E-state index contributed by atoms with van der Waals surface area (Å²) in [5.74, 6) is 0. The van der Waals surface area contributed by atoms with Crippen LogP contribution in [0.15, 0.2) is 66.9 Å². The number of hydrogen-bond acceptors (Lipinski definition) is 3. The molecule has 0 saturated heterocycles. The Morgan fingerprint density at radius 2 is 1.65 bits per heavy atom. The fourth-order valence-corrected chi connectivity index (χ4v) is 2.45. The second-order valence-corrected chi connectivity index (χ2v) is 5.23. The number of nitriles is 1. The Bertz CT molecular complexity index is 890. The number of hydrogen-bond donors (Lipinski definition) is 1. The van der Waals surface area contributed by atoms with Crippen LogP contribution in [0.4, 0.5) is 0 Å². The van der Waals surface area contributed by atoms with Crippen LogP contribution in [0, 0.1) is 16.7 Å². The zero-order chi connectivity index (χ0) is 16.1. The van der Waals surface area contributed by atoms with E-state index in [1.807, 2.05) is 60.8 Å². The van der Waals surface area contributed by atoms with Gasteiger partial charge >= 0.3 is 0 Å². The molecule has 0 spiro atoms. The van der Waals surface area contributed by atoms with Crippen molar-refractivity contribution in [2.75, 3.05) is 0 Å². The van der Waals surface area contributed by atoms with Gasteiger partial charge in [0.05, 0.1) is 5.69 Å². The molecule has 0 fully saturated rings. The van der Waals surface area contributed by atoms with Crippen molar-refractivity contribution in [1.82, 2.24) is 9.55 Å². The molecule has 4 heteroatoms. The van der Waals surface area contributed by atoms with Crippen molar-refractivity contribution in [3.63, 3.8) is 0 Å². The fraction of sp³-hybridized carbons (Fsp3) is 0.105. The van der Waals surface area contributed by atoms with Gasteiger partial charge in [0.1, 0.15) is 6.07 Å². The standard InChI is InChI=1S/C19H16N4/c20-13-17-19(21)23(12-11-15-7-3-1-4-8-15)14-18(22-17)16-9-5-2-6-10-16/h1-10,14,21H,11-12H2. The summed E-state index contributed by atoms with van der Waals surface area (Å²) in [5, 5.41) is 17.4. The van der Waals surface area contributed by atoms with Crippen molar-refractivity contribution in [3.8, 4) is 17.3 Å². The largest absolute Gasteiger partial charge is 0.329 e. The van der Waals surface area contributed by atoms with Crippen LogP contribution >= 0.6 is 0 Å². The van der Waals surface area contributed by atoms with Gasteiger partial charge in [0.2, 0.25) is 0 Å². The highest BCUT2D eigenvalue weighted by molar-refractivity contribution is 5.58. The van der Waals surface area contributed by atoms with Crippen molar-refractivity contribution in [1.29, 1.82) is 10.7 Å². The van der Waals surface area contributed by atoms with E-state index in [0.717, 1.165) is 12.0 Å². The van der Waals surface area contributed by atoms with Crippen LogP contribution in [-0.2, 0) is 13.0 Å². The third-order valence-corrected chi connectivity index (χ3v) is 3.68. The predicted octanol–water partition coefficient (Wildman–Crippen LogP) is 3.14. The van der Waals surface area contributed by atoms with E-state index in [-0.39, 0.29) is 11.2 Å². The van der Waals surface area contributed by atoms with Gasteiger partial charge in [-0.3, -0.25) is 5.41 Å². The van der Waals surface area contributed by atoms with E-state index >= 15 is 0 Å². The molecule has 23 heavy (non-hydrogen) atoms. The van der Waals surface area contributed by atoms with Crippen molar-refractivity contribution in [3.05, 3.63) is 83.6 Å². The van der Waals surface area contributed by atoms with Gasteiger partial charge in [-0.2, -0.15) is 5.26 Å². The Kier molecular flexibility index (Phi) is 4.30. The van der Waals surface area contributed by atoms with Crippen LogP contribution in [0.5, 0.6) is 0 Å². The summed E-state index contributed by atoms with van der Waals surface area (Å²) >= 11 is 0. The number of nitrogens with zero attached hydrogens (tertiary/aromatic N) is 3. The average molecular weight is 300 g/mol. The van der Waals surface area contributed by atoms with E-state index in [2.05, 4.69) is 17.1 Å². The Labute approximate surface area is 134 Å². The number of aromatic nitrogens is 2. The molecule has 112 valence electrons. The quantitative estimate of drug-likeness (QED) is 0.804. The lowest BCUT2D eigenvalue weighted by atomic mass is 10.1. The Morgan fingerprint density at radius 1 is 1.00 bits per heavy atom. The molecule has 0 unspecified atom stereocenters. The highest BCUT2D eigenvalue weighted by Crippen LogP contribution is 2.15. The third-order valence-electron chi connectivity index (χ3n) is 3.68. The first kappa shape index (κ1) is 14.7. The van der Waals surface area contributed by atoms with Gasteiger partial charge < -0.3 is 4.57 Å². The molecule has 1 N–H and O–H groups in total. The summed E-state index contributed by atoms with van der Waals surface area (Å²) in [4.78, 5) is 4.31. The lowest BCUT2D eigenvalue weighted by molar-refractivity contribution is 0.643. The van der Waals surface area contributed by atoms with Gasteiger partial charge in [0.15, 0.2) is 11.2 Å². The van der Waals surface area contributed by atoms with Crippen LogP contribution in [0.2, 0.25) is 0 Å². The van der Waals surface area contributed by atoms with Crippen LogP contribution in [0.25, 0.3) is 11.3 Å². The smallest absolute Gasteiger partial charge is 0.183 e. The minimum absolute atomic E-state index is 0.152. The Morgan fingerprint density at radius 3 is 2.30 bits per heavy atom. The third kappa shape index (κ3) is 3.35. The first-order valence-corrected chi connectivity index (χ1v) is 7.43. The lowest BCUT2D eigenvalue weighted by Gasteiger charge is -2.10. The van der Waals surface area contributed by atoms with E-state index in [1.54, 1.807) is 4.57 Å². The summed E-state index contributed by atoms with van der Waals surface area (Å²) in [7, 11) is 0. The fourth-order valence-electron chi connectivity index (χ4n) is 2.45. The molecule has 4 nitrogen and oxygen atoms in total. The number of rotatable bonds is 4. The van der Waals surface area contributed by atoms with E-state index in [4.69, 9.17) is 5.41 Å². The minimum Gasteiger partial charge on any atom is -0.329 e. The second-order valence-electron chi connectivity index (χ2n) is 5.23. The van der Waals surface area contributed by atoms with Crippen molar-refractivity contribution < 1.29 is 0 Å². The van der Waals surface area contributed by atoms with Gasteiger partial charge in [-0.05, 0) is 12.0 Å². The molecule has 0 radical (unpaired) electrons. The predicted molar refractivity (Wildman–Crippen MR) is 88.4 cm³/mol. The van der Waals surface area contributed by atoms with Gasteiger partial charge in [-0.15, -0.1) is 0 Å². The van der Waals surface area contributed by atoms with E-state index in [1.165, 1.54) is 5.56 Å². The normalized spacial score (nSPS) is 10.2. The van der Waals surface area contributed by atoms with Gasteiger partial charge in [0, 0.05) is 18.3 Å². The average Bonchev–Trinajstić information content (AvgIpc) is 2.62. The van der Waals surface area contributed by atoms with Crippen LogP contribution in [0.3, 0.4) is 0 Å². The SMILES string of the molecule is N#Cc1nc(-c2ccccc2)cn(CCc2ccccc2)c1=N. The molecule has 1 heterocycles. The zero-order valence-electron chi connectivity index (χ0n) is 12.6. The van der Waals surface area contributed by atoms with Crippen molar-refractivity contribution >= 4 is 0 Å². The maximum absolute atomic E-state index is 9.25. The summed E-state index contributed by atoms with van der Waals surface area (Å²) < 4.78 is 1.79. The molecule has 0 saturated carbocycles. The second kappa shape index (κ2) is 6.71. The summed E-state index contributed by atoms with van der Waals surface area (Å²) in [5.41, 5.74) is 3.17. The number of benzene rings is 2. The van der Waals surface area contributed by atoms with E-state index < -0.39 is 0 Å². The molecule has 0 atom stereocenters. The summed E-state index contributed by atoms with van der Waals surface area (Å²) in [6.07, 6.45) is 2.65. The minimum atomic E-state index is 0.152. The number of aryl methyl sites for hydroxylation is 2. The molecule has 0 aliphatic heterocycles. The maximum Gasteiger partial charge on any atom is 0.183 e. The van der Waals surface area contributed by atoms with Gasteiger partial charge in [0.25, 0.3) is 0 Å². The Balaban J connectivity index is 1.96. The van der Waals surface area contributed by atoms with Crippen LogP contribution < -0.4 is 5.49 Å². The highest BCUT2D eigenvalue weighted by atomic mass is 15.0. The van der Waals surface area contributed by atoms with Crippen LogP contribution in [0.1, 0.15) is 11.3 Å². The van der Waals surface area contributed by atoms with Crippen LogP contribution in [-0.4, -0.2) is 9.55 Å². The Hall–Kier alpha value is -3.19. The molecule has 3 aromatic rings. The van der Waals surface area contributed by atoms with Crippen molar-refractivity contribution in [2.24, 2.45) is 0 Å². The molecular formula is C19H16N4. The molecule has 1 aromatic heterocycles. The molecule has 3 rings (SSSR count). The highest BCUT2D eigenvalue weighted by Gasteiger charge is 2.07. The molecule has 0 aliphatic rings. The monoisotopic (exact) mass is 300 g/mol. The summed E-state index contributed by atoms with van der Waals surface area (Å²) in [6.45, 7) is 0.639. The van der Waals surface area contributed by atoms with E-state index in [0.29, 0.717) is 12.2 Å². The van der Waals surface area contributed by atoms with Gasteiger partial charge in [-0.1, -0.05) is 60.7 Å². The number of nitrogens with one attached hydrogen (secondary N) is 1. The lowest BCUT2D eigenvalue weighted by Crippen LogP contribution is -2.25. The zero-order valence-corrected chi connectivity index (χ0v) is 12.6.